The molecular formula is C23H34O6. The van der Waals surface area contributed by atoms with Gasteiger partial charge in [-0.25, -0.2) is 0 Å². The maximum atomic E-state index is 12.9. The second kappa shape index (κ2) is 6.88. The Hall–Kier alpha value is -1.27. The molecule has 162 valence electrons. The molecule has 4 fully saturated rings. The molecule has 4 aliphatic rings. The van der Waals surface area contributed by atoms with Gasteiger partial charge in [-0.1, -0.05) is 13.8 Å². The number of aliphatic hydroxyl groups is 2. The van der Waals surface area contributed by atoms with Crippen LogP contribution in [0.15, 0.2) is 0 Å². The molecular weight excluding hydrogens is 372 g/mol. The summed E-state index contributed by atoms with van der Waals surface area (Å²) in [6, 6.07) is 0. The number of hydrogen-bond donors (Lipinski definition) is 2. The summed E-state index contributed by atoms with van der Waals surface area (Å²) in [4.78, 5) is 36.1. The smallest absolute Gasteiger partial charge is 0.303 e. The summed E-state index contributed by atoms with van der Waals surface area (Å²) in [5.74, 6) is 0.182. The largest absolute Gasteiger partial charge is 0.458 e. The van der Waals surface area contributed by atoms with E-state index in [1.807, 2.05) is 6.92 Å². The predicted octanol–water partition coefficient (Wildman–Crippen LogP) is 2.43. The van der Waals surface area contributed by atoms with Crippen molar-refractivity contribution in [2.45, 2.75) is 83.8 Å². The zero-order valence-corrected chi connectivity index (χ0v) is 17.8. The third kappa shape index (κ3) is 2.93. The van der Waals surface area contributed by atoms with E-state index in [0.717, 1.165) is 25.7 Å². The number of hydrogen-bond acceptors (Lipinski definition) is 6. The number of esters is 1. The summed E-state index contributed by atoms with van der Waals surface area (Å²) in [5.41, 5.74) is -2.35. The van der Waals surface area contributed by atoms with Gasteiger partial charge < -0.3 is 14.9 Å². The maximum Gasteiger partial charge on any atom is 0.303 e. The first-order chi connectivity index (χ1) is 13.5. The van der Waals surface area contributed by atoms with E-state index in [4.69, 9.17) is 4.74 Å². The maximum absolute atomic E-state index is 12.9. The second-order valence-corrected chi connectivity index (χ2v) is 10.6. The van der Waals surface area contributed by atoms with Gasteiger partial charge in [0.1, 0.15) is 11.4 Å². The van der Waals surface area contributed by atoms with E-state index >= 15 is 0 Å². The van der Waals surface area contributed by atoms with Crippen molar-refractivity contribution < 1.29 is 29.3 Å². The van der Waals surface area contributed by atoms with Crippen molar-refractivity contribution in [3.05, 3.63) is 0 Å². The van der Waals surface area contributed by atoms with Gasteiger partial charge in [-0.2, -0.15) is 0 Å². The minimum atomic E-state index is -1.57. The van der Waals surface area contributed by atoms with Gasteiger partial charge in [-0.15, -0.1) is 0 Å². The second-order valence-electron chi connectivity index (χ2n) is 10.6. The molecule has 0 aromatic carbocycles. The average molecular weight is 407 g/mol. The molecule has 6 nitrogen and oxygen atoms in total. The number of Topliss-reactive ketones (excluding diaryl/α,β-unsaturated/α-hetero) is 2. The monoisotopic (exact) mass is 406 g/mol. The van der Waals surface area contributed by atoms with Gasteiger partial charge in [0.25, 0.3) is 0 Å². The van der Waals surface area contributed by atoms with Gasteiger partial charge in [0, 0.05) is 25.2 Å². The lowest BCUT2D eigenvalue weighted by molar-refractivity contribution is -0.199. The fraction of sp³-hybridized carbons (Fsp3) is 0.870. The van der Waals surface area contributed by atoms with Crippen LogP contribution in [0.3, 0.4) is 0 Å². The van der Waals surface area contributed by atoms with Crippen molar-refractivity contribution in [3.63, 3.8) is 0 Å². The highest BCUT2D eigenvalue weighted by atomic mass is 16.5. The summed E-state index contributed by atoms with van der Waals surface area (Å²) >= 11 is 0. The van der Waals surface area contributed by atoms with Crippen molar-refractivity contribution in [2.24, 2.45) is 34.5 Å². The number of aliphatic hydroxyl groups excluding tert-OH is 1. The number of ether oxygens (including phenoxy) is 1. The van der Waals surface area contributed by atoms with Crippen LogP contribution in [0.1, 0.15) is 72.1 Å². The summed E-state index contributed by atoms with van der Waals surface area (Å²) in [6.07, 6.45) is 4.81. The van der Waals surface area contributed by atoms with Crippen LogP contribution >= 0.6 is 0 Å². The van der Waals surface area contributed by atoms with E-state index < -0.39 is 35.5 Å². The Bertz CT molecular complexity index is 733. The quantitative estimate of drug-likeness (QED) is 0.698. The van der Waals surface area contributed by atoms with Gasteiger partial charge in [0.15, 0.2) is 6.61 Å². The molecule has 0 radical (unpaired) electrons. The normalized spacial score (nSPS) is 49.0. The van der Waals surface area contributed by atoms with Gasteiger partial charge in [0.2, 0.25) is 5.78 Å². The molecule has 0 bridgehead atoms. The van der Waals surface area contributed by atoms with E-state index in [1.54, 1.807) is 0 Å². The molecule has 4 rings (SSSR count). The molecule has 8 atom stereocenters. The lowest BCUT2D eigenvalue weighted by Gasteiger charge is -2.62. The Morgan fingerprint density at radius 3 is 2.59 bits per heavy atom. The van der Waals surface area contributed by atoms with Crippen LogP contribution in [0.4, 0.5) is 0 Å². The topological polar surface area (TPSA) is 101 Å². The highest BCUT2D eigenvalue weighted by Crippen LogP contribution is 2.68. The summed E-state index contributed by atoms with van der Waals surface area (Å²) < 4.78 is 4.89. The first-order valence-corrected chi connectivity index (χ1v) is 11.1. The fourth-order valence-electron chi connectivity index (χ4n) is 7.92. The van der Waals surface area contributed by atoms with Crippen molar-refractivity contribution in [1.29, 1.82) is 0 Å². The predicted molar refractivity (Wildman–Crippen MR) is 105 cm³/mol. The molecule has 0 saturated heterocycles. The van der Waals surface area contributed by atoms with Gasteiger partial charge in [0.05, 0.1) is 6.10 Å². The lowest BCUT2D eigenvalue weighted by atomic mass is 9.43. The van der Waals surface area contributed by atoms with E-state index in [1.165, 1.54) is 6.92 Å². The van der Waals surface area contributed by atoms with Crippen LogP contribution in [-0.4, -0.2) is 46.1 Å². The lowest BCUT2D eigenvalue weighted by Crippen LogP contribution is -2.63. The van der Waals surface area contributed by atoms with Gasteiger partial charge in [-0.3, -0.25) is 14.4 Å². The number of fused-ring (bicyclic) bond motifs is 5. The van der Waals surface area contributed by atoms with Gasteiger partial charge >= 0.3 is 5.97 Å². The zero-order valence-electron chi connectivity index (χ0n) is 17.8. The molecule has 0 heterocycles. The Kier molecular flexibility index (Phi) is 4.97. The van der Waals surface area contributed by atoms with Crippen molar-refractivity contribution in [3.8, 4) is 0 Å². The van der Waals surface area contributed by atoms with E-state index in [2.05, 4.69) is 6.92 Å². The van der Waals surface area contributed by atoms with Crippen LogP contribution in [-0.2, 0) is 19.1 Å². The van der Waals surface area contributed by atoms with Crippen LogP contribution in [0.2, 0.25) is 0 Å². The van der Waals surface area contributed by atoms with Crippen molar-refractivity contribution >= 4 is 17.5 Å². The number of carbonyl (C=O) groups is 3. The first kappa shape index (κ1) is 21.0. The standard InChI is InChI=1S/C23H34O6/c1-13(24)29-12-19(27)23(28)9-7-17-16-5-4-14-10-15(25)6-8-21(14,2)20(16)18(26)11-22(17,23)3/h14,16-18,20,26,28H,4-12H2,1-3H3/t14?,16-,17+,18?,20-,21-,22-,23-/m0/s1. The Balaban J connectivity index is 1.63. The molecule has 4 saturated carbocycles. The number of rotatable bonds is 3. The minimum Gasteiger partial charge on any atom is -0.458 e. The summed E-state index contributed by atoms with van der Waals surface area (Å²) in [6.45, 7) is 5.02. The Labute approximate surface area is 172 Å². The van der Waals surface area contributed by atoms with E-state index in [-0.39, 0.29) is 23.2 Å². The molecule has 2 unspecified atom stereocenters. The molecule has 0 amide bonds. The van der Waals surface area contributed by atoms with Gasteiger partial charge in [-0.05, 0) is 67.6 Å². The highest BCUT2D eigenvalue weighted by molar-refractivity contribution is 5.91. The molecule has 29 heavy (non-hydrogen) atoms. The van der Waals surface area contributed by atoms with E-state index in [9.17, 15) is 24.6 Å². The summed E-state index contributed by atoms with van der Waals surface area (Å²) in [5, 5.41) is 22.8. The molecule has 0 aromatic rings. The van der Waals surface area contributed by atoms with E-state index in [0.29, 0.717) is 37.4 Å². The van der Waals surface area contributed by atoms with Crippen molar-refractivity contribution in [2.75, 3.05) is 6.61 Å². The van der Waals surface area contributed by atoms with Crippen LogP contribution < -0.4 is 0 Å². The molecule has 4 aliphatic carbocycles. The zero-order chi connectivity index (χ0) is 21.2. The Morgan fingerprint density at radius 2 is 1.90 bits per heavy atom. The minimum absolute atomic E-state index is 0.0555. The molecule has 0 spiro atoms. The molecule has 6 heteroatoms. The summed E-state index contributed by atoms with van der Waals surface area (Å²) in [7, 11) is 0. The molecule has 2 N–H and O–H groups in total. The van der Waals surface area contributed by atoms with Crippen LogP contribution in [0.25, 0.3) is 0 Å². The Morgan fingerprint density at radius 1 is 1.17 bits per heavy atom. The fourth-order valence-corrected chi connectivity index (χ4v) is 7.92. The third-order valence-electron chi connectivity index (χ3n) is 9.43. The third-order valence-corrected chi connectivity index (χ3v) is 9.43. The first-order valence-electron chi connectivity index (χ1n) is 11.1. The SMILES string of the molecule is CC(=O)OCC(=O)[C@@]1(O)CC[C@@H]2[C@@H]3CCC4CC(=O)CC[C@]4(C)[C@@H]3C(O)C[C@@]21C. The van der Waals surface area contributed by atoms with Crippen LogP contribution in [0.5, 0.6) is 0 Å². The number of carbonyl (C=O) groups excluding carboxylic acids is 3. The average Bonchev–Trinajstić information content (AvgIpc) is 2.91. The molecule has 0 aromatic heterocycles. The molecule has 0 aliphatic heterocycles. The van der Waals surface area contributed by atoms with Crippen molar-refractivity contribution in [1.82, 2.24) is 0 Å². The number of ketones is 2. The highest BCUT2D eigenvalue weighted by Gasteiger charge is 2.68. The van der Waals surface area contributed by atoms with Crippen LogP contribution in [0, 0.1) is 34.5 Å².